The zero-order valence-electron chi connectivity index (χ0n) is 11.8. The maximum Gasteiger partial charge on any atom is 0.123 e. The number of hydrogen-bond donors (Lipinski definition) is 2. The van der Waals surface area contributed by atoms with Crippen molar-refractivity contribution in [3.8, 4) is 0 Å². The molecule has 1 saturated carbocycles. The molecular formula is C16H15BrN4O. The van der Waals surface area contributed by atoms with Crippen LogP contribution < -0.4 is 5.32 Å². The Hall–Kier alpha value is -2.08. The van der Waals surface area contributed by atoms with Crippen molar-refractivity contribution in [3.63, 3.8) is 0 Å². The van der Waals surface area contributed by atoms with Crippen molar-refractivity contribution in [2.75, 3.05) is 0 Å². The van der Waals surface area contributed by atoms with Crippen molar-refractivity contribution in [1.82, 2.24) is 15.3 Å². The predicted molar refractivity (Wildman–Crippen MR) is 89.7 cm³/mol. The number of fused-ring (bicyclic) bond motifs is 1. The first-order valence-electron chi connectivity index (χ1n) is 7.04. The van der Waals surface area contributed by atoms with Gasteiger partial charge in [0.15, 0.2) is 0 Å². The smallest absolute Gasteiger partial charge is 0.123 e. The van der Waals surface area contributed by atoms with E-state index in [0.29, 0.717) is 17.3 Å². The van der Waals surface area contributed by atoms with E-state index in [1.54, 1.807) is 12.4 Å². The summed E-state index contributed by atoms with van der Waals surface area (Å²) in [5.41, 5.74) is 2.92. The fourth-order valence-electron chi connectivity index (χ4n) is 2.43. The molecule has 0 unspecified atom stereocenters. The average Bonchev–Trinajstić information content (AvgIpc) is 2.49. The molecule has 3 rings (SSSR count). The van der Waals surface area contributed by atoms with Crippen molar-refractivity contribution < 1.29 is 4.79 Å². The normalized spacial score (nSPS) is 21.2. The van der Waals surface area contributed by atoms with Gasteiger partial charge in [-0.1, -0.05) is 15.9 Å². The van der Waals surface area contributed by atoms with Crippen LogP contribution in [0.5, 0.6) is 0 Å². The second-order valence-electron chi connectivity index (χ2n) is 5.36. The van der Waals surface area contributed by atoms with Crippen LogP contribution in [-0.4, -0.2) is 28.5 Å². The van der Waals surface area contributed by atoms with E-state index < -0.39 is 0 Å². The Bertz CT molecular complexity index is 753. The molecule has 0 atom stereocenters. The van der Waals surface area contributed by atoms with Crippen LogP contribution in [0.25, 0.3) is 16.6 Å². The Labute approximate surface area is 136 Å². The minimum Gasteiger partial charge on any atom is -0.388 e. The minimum atomic E-state index is 0.173. The molecule has 1 aromatic carbocycles. The first kappa shape index (κ1) is 14.8. The molecule has 6 heteroatoms. The zero-order chi connectivity index (χ0) is 15.5. The van der Waals surface area contributed by atoms with Crippen LogP contribution in [0.1, 0.15) is 18.5 Å². The Kier molecular flexibility index (Phi) is 4.29. The van der Waals surface area contributed by atoms with Crippen LogP contribution in [0.2, 0.25) is 0 Å². The summed E-state index contributed by atoms with van der Waals surface area (Å²) in [6.07, 6.45) is 7.42. The van der Waals surface area contributed by atoms with Crippen molar-refractivity contribution in [2.45, 2.75) is 18.9 Å². The third kappa shape index (κ3) is 3.06. The van der Waals surface area contributed by atoms with E-state index in [0.717, 1.165) is 34.6 Å². The first-order valence-corrected chi connectivity index (χ1v) is 7.83. The molecule has 1 aromatic heterocycles. The third-order valence-electron chi connectivity index (χ3n) is 3.80. The summed E-state index contributed by atoms with van der Waals surface area (Å²) < 4.78 is 0.944. The molecule has 0 bridgehead atoms. The number of aldehydes is 1. The largest absolute Gasteiger partial charge is 0.388 e. The van der Waals surface area contributed by atoms with Crippen LogP contribution in [-0.2, 0) is 4.79 Å². The van der Waals surface area contributed by atoms with Crippen LogP contribution in [0.4, 0.5) is 0 Å². The summed E-state index contributed by atoms with van der Waals surface area (Å²) in [5.74, 6) is 0.173. The highest BCUT2D eigenvalue weighted by Crippen LogP contribution is 2.25. The molecule has 112 valence electrons. The van der Waals surface area contributed by atoms with Crippen LogP contribution in [0.3, 0.4) is 0 Å². The number of benzene rings is 1. The van der Waals surface area contributed by atoms with Gasteiger partial charge in [-0.3, -0.25) is 4.98 Å². The second kappa shape index (κ2) is 6.36. The maximum absolute atomic E-state index is 10.6. The van der Waals surface area contributed by atoms with E-state index in [-0.39, 0.29) is 5.92 Å². The Balaban J connectivity index is 1.80. The van der Waals surface area contributed by atoms with E-state index in [4.69, 9.17) is 5.41 Å². The number of aromatic nitrogens is 2. The molecule has 1 aliphatic rings. The van der Waals surface area contributed by atoms with E-state index in [1.807, 2.05) is 18.2 Å². The van der Waals surface area contributed by atoms with Gasteiger partial charge in [-0.15, -0.1) is 0 Å². The minimum absolute atomic E-state index is 0.173. The summed E-state index contributed by atoms with van der Waals surface area (Å²) in [6.45, 7) is 0. The summed E-state index contributed by atoms with van der Waals surface area (Å²) in [6, 6.07) is 6.02. The van der Waals surface area contributed by atoms with Gasteiger partial charge >= 0.3 is 0 Å². The lowest BCUT2D eigenvalue weighted by atomic mass is 9.81. The van der Waals surface area contributed by atoms with Crippen LogP contribution in [0.15, 0.2) is 35.1 Å². The predicted octanol–water partition coefficient (Wildman–Crippen LogP) is 2.95. The molecule has 0 radical (unpaired) electrons. The highest BCUT2D eigenvalue weighted by atomic mass is 79.9. The third-order valence-corrected chi connectivity index (χ3v) is 4.29. The summed E-state index contributed by atoms with van der Waals surface area (Å²) >= 11 is 3.42. The molecule has 22 heavy (non-hydrogen) atoms. The van der Waals surface area contributed by atoms with Gasteiger partial charge in [0.25, 0.3) is 0 Å². The fourth-order valence-corrected chi connectivity index (χ4v) is 2.78. The maximum atomic E-state index is 10.6. The molecule has 1 fully saturated rings. The number of hydrogen-bond acceptors (Lipinski definition) is 5. The molecule has 1 aliphatic carbocycles. The van der Waals surface area contributed by atoms with Gasteiger partial charge in [0.2, 0.25) is 0 Å². The molecule has 0 aliphatic heterocycles. The summed E-state index contributed by atoms with van der Waals surface area (Å²) in [5, 5.41) is 10.8. The van der Waals surface area contributed by atoms with Gasteiger partial charge in [-0.25, -0.2) is 4.98 Å². The molecule has 0 amide bonds. The van der Waals surface area contributed by atoms with Gasteiger partial charge in [0.1, 0.15) is 6.29 Å². The van der Waals surface area contributed by atoms with Crippen LogP contribution in [0, 0.1) is 11.3 Å². The SMILES string of the molecule is N=C/C(=C\NC1CC(C=O)C1)c1cnc2ccc(Br)cc2n1. The van der Waals surface area contributed by atoms with Crippen LogP contribution >= 0.6 is 15.9 Å². The van der Waals surface area contributed by atoms with E-state index in [2.05, 4.69) is 31.2 Å². The molecule has 2 N–H and O–H groups in total. The molecule has 1 heterocycles. The monoisotopic (exact) mass is 358 g/mol. The molecule has 0 saturated heterocycles. The van der Waals surface area contributed by atoms with Crippen molar-refractivity contribution in [3.05, 3.63) is 40.8 Å². The number of carbonyl (C=O) groups is 1. The van der Waals surface area contributed by atoms with Gasteiger partial charge < -0.3 is 15.5 Å². The lowest BCUT2D eigenvalue weighted by Gasteiger charge is -2.31. The average molecular weight is 359 g/mol. The molecule has 2 aromatic rings. The number of halogens is 1. The Morgan fingerprint density at radius 1 is 1.36 bits per heavy atom. The topological polar surface area (TPSA) is 78.7 Å². The van der Waals surface area contributed by atoms with Gasteiger partial charge in [-0.05, 0) is 31.0 Å². The Morgan fingerprint density at radius 3 is 2.91 bits per heavy atom. The molecule has 5 nitrogen and oxygen atoms in total. The van der Waals surface area contributed by atoms with Crippen molar-refractivity contribution >= 4 is 45.0 Å². The lowest BCUT2D eigenvalue weighted by molar-refractivity contribution is -0.113. The number of carbonyl (C=O) groups excluding carboxylic acids is 1. The van der Waals surface area contributed by atoms with E-state index in [1.165, 1.54) is 6.21 Å². The molecule has 0 spiro atoms. The quantitative estimate of drug-likeness (QED) is 0.636. The number of allylic oxidation sites excluding steroid dienone is 1. The number of rotatable bonds is 5. The summed E-state index contributed by atoms with van der Waals surface area (Å²) in [7, 11) is 0. The molecular weight excluding hydrogens is 344 g/mol. The number of nitrogens with zero attached hydrogens (tertiary/aromatic N) is 2. The first-order chi connectivity index (χ1) is 10.7. The van der Waals surface area contributed by atoms with Gasteiger partial charge in [0.05, 0.1) is 22.9 Å². The summed E-state index contributed by atoms with van der Waals surface area (Å²) in [4.78, 5) is 19.5. The highest BCUT2D eigenvalue weighted by molar-refractivity contribution is 9.10. The highest BCUT2D eigenvalue weighted by Gasteiger charge is 2.27. The Morgan fingerprint density at radius 2 is 2.18 bits per heavy atom. The van der Waals surface area contributed by atoms with Crippen molar-refractivity contribution in [2.24, 2.45) is 5.92 Å². The van der Waals surface area contributed by atoms with E-state index >= 15 is 0 Å². The standard InChI is InChI=1S/C16H15BrN4O/c17-12-1-2-14-15(5-12)21-16(8-20-14)11(6-18)7-19-13-3-10(4-13)9-22/h1-2,5-10,13,18-19H,3-4H2/b11-7+,18-6?. The second-order valence-corrected chi connectivity index (χ2v) is 6.28. The lowest BCUT2D eigenvalue weighted by Crippen LogP contribution is -2.39. The van der Waals surface area contributed by atoms with E-state index in [9.17, 15) is 4.79 Å². The van der Waals surface area contributed by atoms with Gasteiger partial charge in [0, 0.05) is 34.4 Å². The van der Waals surface area contributed by atoms with Crippen molar-refractivity contribution in [1.29, 1.82) is 5.41 Å². The zero-order valence-corrected chi connectivity index (χ0v) is 13.4. The van der Waals surface area contributed by atoms with Gasteiger partial charge in [-0.2, -0.15) is 0 Å². The number of nitrogens with one attached hydrogen (secondary N) is 2. The fraction of sp³-hybridized carbons (Fsp3) is 0.250.